The summed E-state index contributed by atoms with van der Waals surface area (Å²) in [5, 5.41) is 4.38. The Hall–Kier alpha value is -1.12. The number of hydrogen-bond acceptors (Lipinski definition) is 2. The van der Waals surface area contributed by atoms with Gasteiger partial charge >= 0.3 is 0 Å². The predicted molar refractivity (Wildman–Crippen MR) is 116 cm³/mol. The minimum absolute atomic E-state index is 0.228. The zero-order valence-electron chi connectivity index (χ0n) is 19.0. The van der Waals surface area contributed by atoms with Crippen LogP contribution in [0.15, 0.2) is 12.4 Å². The molecule has 0 aliphatic heterocycles. The largest absolute Gasteiger partial charge is 0.297 e. The van der Waals surface area contributed by atoms with Crippen LogP contribution < -0.4 is 0 Å². The number of hydrogen-bond donors (Lipinski definition) is 0. The molecule has 0 radical (unpaired) electrons. The van der Waals surface area contributed by atoms with Gasteiger partial charge in [-0.25, -0.2) is 0 Å². The lowest BCUT2D eigenvalue weighted by Crippen LogP contribution is -2.53. The van der Waals surface area contributed by atoms with E-state index in [9.17, 15) is 4.79 Å². The van der Waals surface area contributed by atoms with Crippen LogP contribution in [0.2, 0.25) is 0 Å². The van der Waals surface area contributed by atoms with Gasteiger partial charge in [-0.15, -0.1) is 0 Å². The standard InChI is InChI=1S/C26H40N2O/c1-17-9-11-25(3)19(13-17)5-6-20-21-7-8-23(26(21,4)12-10-22(20)25)24(29)16-28-15-18(2)14-27-28/h14-15,17,19-23H,5-13,16H2,1-4H3/t17-,19?,20?,21?,22?,23+,25?,26?/m0/s1. The molecule has 4 saturated carbocycles. The molecule has 3 nitrogen and oxygen atoms in total. The Kier molecular flexibility index (Phi) is 4.75. The minimum atomic E-state index is 0.228. The van der Waals surface area contributed by atoms with Crippen LogP contribution in [0.4, 0.5) is 0 Å². The van der Waals surface area contributed by atoms with Gasteiger partial charge in [-0.1, -0.05) is 27.2 Å². The highest BCUT2D eigenvalue weighted by molar-refractivity contribution is 5.82. The van der Waals surface area contributed by atoms with E-state index in [-0.39, 0.29) is 11.3 Å². The van der Waals surface area contributed by atoms with Crippen molar-refractivity contribution in [2.45, 2.75) is 92.0 Å². The Morgan fingerprint density at radius 3 is 2.59 bits per heavy atom. The first-order chi connectivity index (χ1) is 13.8. The fourth-order valence-corrected chi connectivity index (χ4v) is 8.82. The van der Waals surface area contributed by atoms with E-state index in [1.54, 1.807) is 0 Å². The summed E-state index contributed by atoms with van der Waals surface area (Å²) in [4.78, 5) is 13.3. The van der Waals surface area contributed by atoms with Crippen LogP contribution in [0, 0.1) is 53.3 Å². The van der Waals surface area contributed by atoms with Crippen LogP contribution >= 0.6 is 0 Å². The Balaban J connectivity index is 1.35. The van der Waals surface area contributed by atoms with Crippen LogP contribution in [0.5, 0.6) is 0 Å². The Bertz CT molecular complexity index is 783. The molecule has 4 fully saturated rings. The molecule has 8 atom stereocenters. The molecule has 0 amide bonds. The molecule has 4 aliphatic rings. The van der Waals surface area contributed by atoms with Gasteiger partial charge in [0.25, 0.3) is 0 Å². The molecule has 0 aromatic carbocycles. The molecule has 3 heteroatoms. The normalized spacial score (nSPS) is 46.6. The summed E-state index contributed by atoms with van der Waals surface area (Å²) in [7, 11) is 0. The number of ketones is 1. The maximum absolute atomic E-state index is 13.3. The molecule has 4 aliphatic carbocycles. The summed E-state index contributed by atoms with van der Waals surface area (Å²) in [6.07, 6.45) is 16.1. The third kappa shape index (κ3) is 3.05. The lowest BCUT2D eigenvalue weighted by Gasteiger charge is -2.61. The number of fused-ring (bicyclic) bond motifs is 5. The lowest BCUT2D eigenvalue weighted by atomic mass is 9.44. The van der Waals surface area contributed by atoms with E-state index in [2.05, 4.69) is 25.9 Å². The third-order valence-electron chi connectivity index (χ3n) is 10.4. The first-order valence-corrected chi connectivity index (χ1v) is 12.3. The van der Waals surface area contributed by atoms with Crippen molar-refractivity contribution in [1.29, 1.82) is 0 Å². The molecular weight excluding hydrogens is 356 g/mol. The smallest absolute Gasteiger partial charge is 0.157 e. The summed E-state index contributed by atoms with van der Waals surface area (Å²) in [6.45, 7) is 10.1. The predicted octanol–water partition coefficient (Wildman–Crippen LogP) is 6.06. The minimum Gasteiger partial charge on any atom is -0.297 e. The van der Waals surface area contributed by atoms with E-state index in [0.717, 1.165) is 41.6 Å². The first kappa shape index (κ1) is 19.8. The number of aromatic nitrogens is 2. The van der Waals surface area contributed by atoms with Crippen molar-refractivity contribution < 1.29 is 4.79 Å². The summed E-state index contributed by atoms with van der Waals surface area (Å²) in [5.74, 6) is 5.11. The number of carbonyl (C=O) groups is 1. The summed E-state index contributed by atoms with van der Waals surface area (Å²) >= 11 is 0. The quantitative estimate of drug-likeness (QED) is 0.623. The lowest BCUT2D eigenvalue weighted by molar-refractivity contribution is -0.137. The average Bonchev–Trinajstić information content (AvgIpc) is 3.24. The van der Waals surface area contributed by atoms with Crippen LogP contribution in [-0.4, -0.2) is 15.6 Å². The van der Waals surface area contributed by atoms with E-state index in [4.69, 9.17) is 0 Å². The van der Waals surface area contributed by atoms with Gasteiger partial charge in [0.2, 0.25) is 0 Å². The van der Waals surface area contributed by atoms with E-state index in [0.29, 0.717) is 17.7 Å². The second-order valence-corrected chi connectivity index (χ2v) is 11.9. The van der Waals surface area contributed by atoms with Gasteiger partial charge in [0.05, 0.1) is 12.7 Å². The van der Waals surface area contributed by atoms with Crippen LogP contribution in [-0.2, 0) is 11.3 Å². The molecule has 160 valence electrons. The number of Topliss-reactive ketones (excluding diaryl/α,β-unsaturated/α-hetero) is 1. The summed E-state index contributed by atoms with van der Waals surface area (Å²) in [6, 6.07) is 0. The molecule has 1 aromatic heterocycles. The Labute approximate surface area is 177 Å². The highest BCUT2D eigenvalue weighted by Gasteiger charge is 2.60. The molecule has 1 heterocycles. The van der Waals surface area contributed by atoms with E-state index in [1.165, 1.54) is 51.4 Å². The van der Waals surface area contributed by atoms with Gasteiger partial charge in [0, 0.05) is 12.1 Å². The number of aryl methyl sites for hydroxylation is 1. The highest BCUT2D eigenvalue weighted by atomic mass is 16.1. The van der Waals surface area contributed by atoms with Crippen molar-refractivity contribution in [2.75, 3.05) is 0 Å². The summed E-state index contributed by atoms with van der Waals surface area (Å²) < 4.78 is 1.86. The molecule has 6 unspecified atom stereocenters. The van der Waals surface area contributed by atoms with Crippen molar-refractivity contribution in [2.24, 2.45) is 46.3 Å². The molecule has 5 rings (SSSR count). The zero-order valence-corrected chi connectivity index (χ0v) is 19.0. The van der Waals surface area contributed by atoms with Gasteiger partial charge in [-0.2, -0.15) is 5.10 Å². The maximum Gasteiger partial charge on any atom is 0.157 e. The molecule has 1 aromatic rings. The molecule has 0 bridgehead atoms. The van der Waals surface area contributed by atoms with Gasteiger partial charge in [-0.05, 0) is 104 Å². The molecular formula is C26H40N2O. The zero-order chi connectivity index (χ0) is 20.4. The first-order valence-electron chi connectivity index (χ1n) is 12.3. The van der Waals surface area contributed by atoms with Gasteiger partial charge in [-0.3, -0.25) is 9.48 Å². The molecule has 0 saturated heterocycles. The fourth-order valence-electron chi connectivity index (χ4n) is 8.82. The topological polar surface area (TPSA) is 34.9 Å². The second kappa shape index (κ2) is 6.95. The van der Waals surface area contributed by atoms with Crippen LogP contribution in [0.3, 0.4) is 0 Å². The second-order valence-electron chi connectivity index (χ2n) is 11.9. The van der Waals surface area contributed by atoms with E-state index >= 15 is 0 Å². The van der Waals surface area contributed by atoms with E-state index < -0.39 is 0 Å². The average molecular weight is 397 g/mol. The Morgan fingerprint density at radius 2 is 1.83 bits per heavy atom. The molecule has 0 spiro atoms. The van der Waals surface area contributed by atoms with Gasteiger partial charge < -0.3 is 0 Å². The van der Waals surface area contributed by atoms with Crippen molar-refractivity contribution in [3.63, 3.8) is 0 Å². The SMILES string of the molecule is Cc1cnn(CC(=O)[C@H]2CCC3C4CCC5C[C@@H](C)CCC5(C)C4CCC32C)c1. The van der Waals surface area contributed by atoms with Crippen molar-refractivity contribution in [1.82, 2.24) is 9.78 Å². The van der Waals surface area contributed by atoms with Crippen LogP contribution in [0.1, 0.15) is 84.1 Å². The monoisotopic (exact) mass is 396 g/mol. The van der Waals surface area contributed by atoms with Crippen molar-refractivity contribution in [3.05, 3.63) is 18.0 Å². The third-order valence-corrected chi connectivity index (χ3v) is 10.4. The van der Waals surface area contributed by atoms with Gasteiger partial charge in [0.15, 0.2) is 5.78 Å². The number of rotatable bonds is 3. The number of carbonyl (C=O) groups excluding carboxylic acids is 1. The molecule has 29 heavy (non-hydrogen) atoms. The summed E-state index contributed by atoms with van der Waals surface area (Å²) in [5.41, 5.74) is 1.94. The maximum atomic E-state index is 13.3. The highest BCUT2D eigenvalue weighted by Crippen LogP contribution is 2.67. The van der Waals surface area contributed by atoms with Crippen molar-refractivity contribution in [3.8, 4) is 0 Å². The Morgan fingerprint density at radius 1 is 1.07 bits per heavy atom. The fraction of sp³-hybridized carbons (Fsp3) is 0.846. The number of nitrogens with zero attached hydrogens (tertiary/aromatic N) is 2. The van der Waals surface area contributed by atoms with Gasteiger partial charge in [0.1, 0.15) is 0 Å². The molecule has 0 N–H and O–H groups in total. The van der Waals surface area contributed by atoms with E-state index in [1.807, 2.05) is 24.0 Å². The van der Waals surface area contributed by atoms with Crippen molar-refractivity contribution >= 4 is 5.78 Å². The van der Waals surface area contributed by atoms with Crippen LogP contribution in [0.25, 0.3) is 0 Å².